The Morgan fingerprint density at radius 3 is 2.89 bits per heavy atom. The molecule has 0 amide bonds. The van der Waals surface area contributed by atoms with Crippen LogP contribution in [0.5, 0.6) is 11.6 Å². The lowest BCUT2D eigenvalue weighted by Crippen LogP contribution is -2.07. The minimum Gasteiger partial charge on any atom is -0.491 e. The maximum atomic E-state index is 5.92. The normalized spacial score (nSPS) is 11.4. The zero-order valence-corrected chi connectivity index (χ0v) is 15.0. The van der Waals surface area contributed by atoms with Crippen molar-refractivity contribution in [3.05, 3.63) is 48.0 Å². The van der Waals surface area contributed by atoms with Gasteiger partial charge in [0.05, 0.1) is 24.5 Å². The van der Waals surface area contributed by atoms with E-state index in [4.69, 9.17) is 14.0 Å². The topological polar surface area (TPSA) is 118 Å². The molecule has 0 atom stereocenters. The van der Waals surface area contributed by atoms with Crippen molar-refractivity contribution in [3.63, 3.8) is 0 Å². The average molecular weight is 378 g/mol. The van der Waals surface area contributed by atoms with Crippen molar-refractivity contribution in [3.8, 4) is 23.1 Å². The molecule has 0 aromatic carbocycles. The van der Waals surface area contributed by atoms with Crippen molar-refractivity contribution in [2.75, 3.05) is 7.11 Å². The molecule has 0 aliphatic heterocycles. The number of nitrogens with zero attached hydrogens (tertiary/aromatic N) is 8. The van der Waals surface area contributed by atoms with E-state index in [9.17, 15) is 0 Å². The van der Waals surface area contributed by atoms with Gasteiger partial charge >= 0.3 is 0 Å². The van der Waals surface area contributed by atoms with Crippen molar-refractivity contribution < 1.29 is 14.0 Å². The van der Waals surface area contributed by atoms with Gasteiger partial charge in [-0.2, -0.15) is 4.52 Å². The number of aryl methyl sites for hydroxylation is 1. The monoisotopic (exact) mass is 378 g/mol. The van der Waals surface area contributed by atoms with Crippen LogP contribution in [0.4, 0.5) is 0 Å². The minimum absolute atomic E-state index is 0.218. The number of hydrogen-bond acceptors (Lipinski definition) is 9. The fourth-order valence-electron chi connectivity index (χ4n) is 2.84. The van der Waals surface area contributed by atoms with Crippen molar-refractivity contribution in [1.29, 1.82) is 0 Å². The third kappa shape index (κ3) is 2.60. The van der Waals surface area contributed by atoms with E-state index in [0.29, 0.717) is 28.7 Å². The Kier molecular flexibility index (Phi) is 3.64. The zero-order valence-electron chi connectivity index (χ0n) is 15.0. The fourth-order valence-corrected chi connectivity index (χ4v) is 2.84. The van der Waals surface area contributed by atoms with Crippen LogP contribution in [0.15, 0.2) is 41.1 Å². The number of fused-ring (bicyclic) bond motifs is 2. The molecule has 5 aromatic heterocycles. The molecule has 5 aromatic rings. The van der Waals surface area contributed by atoms with Gasteiger partial charge < -0.3 is 14.0 Å². The molecule has 0 aliphatic rings. The predicted molar refractivity (Wildman–Crippen MR) is 94.9 cm³/mol. The minimum atomic E-state index is 0.218. The number of methoxy groups -OCH3 is 1. The Hall–Kier alpha value is -4.02. The second-order valence-corrected chi connectivity index (χ2v) is 6.01. The number of pyridine rings is 1. The Bertz CT molecular complexity index is 1290. The van der Waals surface area contributed by atoms with Crippen LogP contribution in [0.3, 0.4) is 0 Å². The molecule has 0 radical (unpaired) electrons. The molecule has 140 valence electrons. The van der Waals surface area contributed by atoms with Crippen molar-refractivity contribution >= 4 is 11.2 Å². The van der Waals surface area contributed by atoms with E-state index in [0.717, 1.165) is 11.2 Å². The van der Waals surface area contributed by atoms with E-state index in [2.05, 4.69) is 30.8 Å². The van der Waals surface area contributed by atoms with Gasteiger partial charge in [0.2, 0.25) is 5.82 Å². The first-order valence-electron chi connectivity index (χ1n) is 8.38. The molecule has 11 nitrogen and oxygen atoms in total. The summed E-state index contributed by atoms with van der Waals surface area (Å²) in [6, 6.07) is 9.18. The van der Waals surface area contributed by atoms with Gasteiger partial charge in [-0.15, -0.1) is 20.4 Å². The summed E-state index contributed by atoms with van der Waals surface area (Å²) in [5.41, 5.74) is 2.72. The Morgan fingerprint density at radius 1 is 1.14 bits per heavy atom. The highest BCUT2D eigenvalue weighted by Gasteiger charge is 2.18. The summed E-state index contributed by atoms with van der Waals surface area (Å²) in [6.45, 7) is 2.02. The molecule has 0 bridgehead atoms. The molecule has 5 heterocycles. The molecular formula is C17H14N8O3. The Morgan fingerprint density at radius 2 is 2.07 bits per heavy atom. The average Bonchev–Trinajstić information content (AvgIpc) is 3.44. The molecule has 0 fully saturated rings. The smallest absolute Gasteiger partial charge is 0.275 e. The Labute approximate surface area is 157 Å². The summed E-state index contributed by atoms with van der Waals surface area (Å²) in [5.74, 6) is 1.83. The van der Waals surface area contributed by atoms with Crippen LogP contribution in [-0.4, -0.2) is 46.9 Å². The first kappa shape index (κ1) is 16.2. The molecule has 28 heavy (non-hydrogen) atoms. The molecule has 11 heteroatoms. The van der Waals surface area contributed by atoms with Gasteiger partial charge in [0.1, 0.15) is 12.4 Å². The van der Waals surface area contributed by atoms with Gasteiger partial charge in [0.15, 0.2) is 17.1 Å². The summed E-state index contributed by atoms with van der Waals surface area (Å²) in [4.78, 5) is 0. The van der Waals surface area contributed by atoms with Crippen LogP contribution in [0.25, 0.3) is 22.7 Å². The summed E-state index contributed by atoms with van der Waals surface area (Å²) in [7, 11) is 1.54. The molecule has 0 N–H and O–H groups in total. The van der Waals surface area contributed by atoms with Crippen LogP contribution in [0, 0.1) is 6.92 Å². The van der Waals surface area contributed by atoms with Crippen LogP contribution in [0.1, 0.15) is 11.5 Å². The predicted octanol–water partition coefficient (Wildman–Crippen LogP) is 1.72. The lowest BCUT2D eigenvalue weighted by atomic mass is 10.3. The second kappa shape index (κ2) is 6.30. The highest BCUT2D eigenvalue weighted by atomic mass is 16.5. The molecule has 0 aliphatic carbocycles. The van der Waals surface area contributed by atoms with Crippen LogP contribution >= 0.6 is 0 Å². The van der Waals surface area contributed by atoms with Crippen LogP contribution in [0.2, 0.25) is 0 Å². The second-order valence-electron chi connectivity index (χ2n) is 6.01. The number of hydrogen-bond donors (Lipinski definition) is 0. The van der Waals surface area contributed by atoms with Crippen molar-refractivity contribution in [2.24, 2.45) is 0 Å². The molecular weight excluding hydrogens is 364 g/mol. The first-order chi connectivity index (χ1) is 13.7. The quantitative estimate of drug-likeness (QED) is 0.450. The zero-order chi connectivity index (χ0) is 19.1. The third-order valence-electron chi connectivity index (χ3n) is 4.16. The number of aromatic nitrogens is 8. The van der Waals surface area contributed by atoms with Crippen molar-refractivity contribution in [2.45, 2.75) is 13.5 Å². The lowest BCUT2D eigenvalue weighted by Gasteiger charge is -2.10. The third-order valence-corrected chi connectivity index (χ3v) is 4.16. The fraction of sp³-hybridized carbons (Fsp3) is 0.176. The number of ether oxygens (including phenoxy) is 2. The number of rotatable bonds is 5. The molecule has 5 rings (SSSR count). The van der Waals surface area contributed by atoms with E-state index in [1.54, 1.807) is 29.8 Å². The van der Waals surface area contributed by atoms with Crippen LogP contribution < -0.4 is 9.47 Å². The van der Waals surface area contributed by atoms with E-state index in [1.807, 2.05) is 18.2 Å². The molecule has 0 unspecified atom stereocenters. The molecule has 0 spiro atoms. The molecule has 0 saturated carbocycles. The molecule has 0 saturated heterocycles. The van der Waals surface area contributed by atoms with E-state index in [-0.39, 0.29) is 12.5 Å². The first-order valence-corrected chi connectivity index (χ1v) is 8.38. The van der Waals surface area contributed by atoms with Gasteiger partial charge in [-0.05, 0) is 19.1 Å². The van der Waals surface area contributed by atoms with Crippen molar-refractivity contribution in [1.82, 2.24) is 39.8 Å². The van der Waals surface area contributed by atoms with Gasteiger partial charge in [0, 0.05) is 12.1 Å². The summed E-state index contributed by atoms with van der Waals surface area (Å²) in [6.07, 6.45) is 1.68. The highest BCUT2D eigenvalue weighted by molar-refractivity contribution is 5.57. The standard InChI is InChI=1S/C17H14N8O3/c1-10-6-13(22-28-10)16-20-19-15-7-14(26-2)17(21-25(15)16)27-9-12-5-3-4-11-8-18-23-24(11)12/h3-8H,9H2,1-2H3. The Balaban J connectivity index is 1.53. The SMILES string of the molecule is COc1cc2nnc(-c3cc(C)on3)n2nc1OCc1cccc2cnnn12. The maximum Gasteiger partial charge on any atom is 0.275 e. The van der Waals surface area contributed by atoms with Crippen LogP contribution in [-0.2, 0) is 6.61 Å². The lowest BCUT2D eigenvalue weighted by molar-refractivity contribution is 0.262. The van der Waals surface area contributed by atoms with Gasteiger partial charge in [-0.25, -0.2) is 4.52 Å². The summed E-state index contributed by atoms with van der Waals surface area (Å²) >= 11 is 0. The summed E-state index contributed by atoms with van der Waals surface area (Å²) in [5, 5.41) is 24.7. The summed E-state index contributed by atoms with van der Waals surface area (Å²) < 4.78 is 19.7. The highest BCUT2D eigenvalue weighted by Crippen LogP contribution is 2.28. The van der Waals surface area contributed by atoms with E-state index < -0.39 is 0 Å². The van der Waals surface area contributed by atoms with Gasteiger partial charge in [-0.3, -0.25) is 0 Å². The largest absolute Gasteiger partial charge is 0.491 e. The van der Waals surface area contributed by atoms with E-state index in [1.165, 1.54) is 11.6 Å². The van der Waals surface area contributed by atoms with Gasteiger partial charge in [-0.1, -0.05) is 16.4 Å². The maximum absolute atomic E-state index is 5.92. The van der Waals surface area contributed by atoms with E-state index >= 15 is 0 Å². The van der Waals surface area contributed by atoms with Gasteiger partial charge in [0.25, 0.3) is 5.88 Å².